The molecule has 0 aromatic heterocycles. The van der Waals surface area contributed by atoms with Gasteiger partial charge in [0.25, 0.3) is 0 Å². The number of amides is 1. The molecule has 1 fully saturated rings. The minimum absolute atomic E-state index is 0.212. The summed E-state index contributed by atoms with van der Waals surface area (Å²) in [5.41, 5.74) is 2.42. The van der Waals surface area contributed by atoms with E-state index in [1.807, 2.05) is 42.1 Å². The van der Waals surface area contributed by atoms with Gasteiger partial charge in [-0.25, -0.2) is 4.79 Å². The fraction of sp³-hybridized carbons (Fsp3) is 0.381. The first-order chi connectivity index (χ1) is 12.8. The number of hydrogen-bond donors (Lipinski definition) is 2. The summed E-state index contributed by atoms with van der Waals surface area (Å²) < 4.78 is 5.29. The number of thioether (sulfide) groups is 1. The molecule has 2 aromatic rings. The molecule has 2 aromatic carbocycles. The van der Waals surface area contributed by atoms with Gasteiger partial charge in [-0.2, -0.15) is 0 Å². The van der Waals surface area contributed by atoms with Crippen LogP contribution in [0.25, 0.3) is 0 Å². The molecule has 2 N–H and O–H groups in total. The van der Waals surface area contributed by atoms with Gasteiger partial charge >= 0.3 is 6.09 Å². The van der Waals surface area contributed by atoms with Crippen LogP contribution in [0.4, 0.5) is 4.79 Å². The maximum atomic E-state index is 11.9. The fourth-order valence-electron chi connectivity index (χ4n) is 3.60. The van der Waals surface area contributed by atoms with Gasteiger partial charge in [0.15, 0.2) is 0 Å². The number of carbonyl (C=O) groups is 1. The molecule has 1 aliphatic heterocycles. The number of carbonyl (C=O) groups excluding carboxylic acids is 1. The highest BCUT2D eigenvalue weighted by molar-refractivity contribution is 7.99. The Bertz CT molecular complexity index is 747. The molecule has 1 saturated carbocycles. The Balaban J connectivity index is 1.20. The Kier molecular flexibility index (Phi) is 5.46. The highest BCUT2D eigenvalue weighted by Gasteiger charge is 2.33. The molecule has 1 atom stereocenters. The molecule has 0 saturated heterocycles. The van der Waals surface area contributed by atoms with E-state index in [9.17, 15) is 4.79 Å². The minimum Gasteiger partial charge on any atom is -0.445 e. The number of ether oxygens (including phenoxy) is 1. The predicted molar refractivity (Wildman–Crippen MR) is 104 cm³/mol. The molecule has 26 heavy (non-hydrogen) atoms. The normalized spacial score (nSPS) is 24.2. The summed E-state index contributed by atoms with van der Waals surface area (Å²) in [6, 6.07) is 19.5. The maximum absolute atomic E-state index is 11.9. The van der Waals surface area contributed by atoms with Crippen molar-refractivity contribution >= 4 is 17.9 Å². The maximum Gasteiger partial charge on any atom is 0.407 e. The van der Waals surface area contributed by atoms with Crippen LogP contribution in [0.3, 0.4) is 0 Å². The van der Waals surface area contributed by atoms with E-state index < -0.39 is 0 Å². The third kappa shape index (κ3) is 4.22. The predicted octanol–water partition coefficient (Wildman–Crippen LogP) is 4.27. The van der Waals surface area contributed by atoms with Gasteiger partial charge in [0, 0.05) is 23.0 Å². The quantitative estimate of drug-likeness (QED) is 0.827. The molecular formula is C21H24N2O2S. The number of nitrogens with one attached hydrogen (secondary N) is 2. The van der Waals surface area contributed by atoms with E-state index in [1.165, 1.54) is 10.5 Å². The van der Waals surface area contributed by atoms with Gasteiger partial charge in [-0.3, -0.25) is 0 Å². The van der Waals surface area contributed by atoms with Crippen LogP contribution in [0.5, 0.6) is 0 Å². The number of rotatable bonds is 5. The zero-order valence-corrected chi connectivity index (χ0v) is 15.5. The molecule has 0 spiro atoms. The van der Waals surface area contributed by atoms with Crippen LogP contribution in [0.15, 0.2) is 59.5 Å². The van der Waals surface area contributed by atoms with Crippen molar-refractivity contribution in [2.75, 3.05) is 5.75 Å². The molecule has 1 unspecified atom stereocenters. The molecular weight excluding hydrogens is 344 g/mol. The number of benzene rings is 2. The standard InChI is InChI=1S/C21H24N2O2S/c24-21(25-14-15-6-2-1-3-7-15)23-17-12-16(13-17)22-19-10-11-26-20-9-5-4-8-18(19)20/h1-9,16-17,19,22H,10-14H2,(H,23,24). The van der Waals surface area contributed by atoms with Gasteiger partial charge < -0.3 is 15.4 Å². The van der Waals surface area contributed by atoms with Crippen LogP contribution in [0.2, 0.25) is 0 Å². The van der Waals surface area contributed by atoms with Crippen molar-refractivity contribution in [3.8, 4) is 0 Å². The topological polar surface area (TPSA) is 50.4 Å². The van der Waals surface area contributed by atoms with Crippen LogP contribution < -0.4 is 10.6 Å². The lowest BCUT2D eigenvalue weighted by Gasteiger charge is -2.39. The van der Waals surface area contributed by atoms with Gasteiger partial charge in [-0.15, -0.1) is 11.8 Å². The second-order valence-electron chi connectivity index (χ2n) is 6.97. The van der Waals surface area contributed by atoms with Gasteiger partial charge in [-0.1, -0.05) is 48.5 Å². The van der Waals surface area contributed by atoms with Crippen molar-refractivity contribution in [3.05, 3.63) is 65.7 Å². The summed E-state index contributed by atoms with van der Waals surface area (Å²) in [7, 11) is 0. The highest BCUT2D eigenvalue weighted by Crippen LogP contribution is 2.37. The Morgan fingerprint density at radius 2 is 1.81 bits per heavy atom. The van der Waals surface area contributed by atoms with E-state index in [0.717, 1.165) is 30.6 Å². The van der Waals surface area contributed by atoms with Crippen LogP contribution in [-0.2, 0) is 11.3 Å². The fourth-order valence-corrected chi connectivity index (χ4v) is 4.73. The molecule has 0 bridgehead atoms. The van der Waals surface area contributed by atoms with Crippen molar-refractivity contribution in [2.24, 2.45) is 0 Å². The van der Waals surface area contributed by atoms with Gasteiger partial charge in [-0.05, 0) is 42.2 Å². The first kappa shape index (κ1) is 17.4. The summed E-state index contributed by atoms with van der Waals surface area (Å²) in [6.45, 7) is 0.317. The number of fused-ring (bicyclic) bond motifs is 1. The lowest BCUT2D eigenvalue weighted by Crippen LogP contribution is -2.53. The van der Waals surface area contributed by atoms with Crippen LogP contribution in [0, 0.1) is 0 Å². The van der Waals surface area contributed by atoms with Crippen molar-refractivity contribution in [1.82, 2.24) is 10.6 Å². The van der Waals surface area contributed by atoms with Gasteiger partial charge in [0.2, 0.25) is 0 Å². The number of hydrogen-bond acceptors (Lipinski definition) is 4. The molecule has 1 heterocycles. The summed E-state index contributed by atoms with van der Waals surface area (Å²) in [5.74, 6) is 1.16. The average Bonchev–Trinajstić information content (AvgIpc) is 2.65. The molecule has 0 radical (unpaired) electrons. The van der Waals surface area contributed by atoms with Crippen LogP contribution in [-0.4, -0.2) is 23.9 Å². The van der Waals surface area contributed by atoms with Crippen molar-refractivity contribution in [2.45, 2.75) is 48.9 Å². The Labute approximate surface area is 158 Å². The third-order valence-corrected chi connectivity index (χ3v) is 6.19. The van der Waals surface area contributed by atoms with E-state index in [1.54, 1.807) is 0 Å². The van der Waals surface area contributed by atoms with E-state index in [4.69, 9.17) is 4.74 Å². The summed E-state index contributed by atoms with van der Waals surface area (Å²) in [5, 5.41) is 6.73. The van der Waals surface area contributed by atoms with Gasteiger partial charge in [0.05, 0.1) is 0 Å². The molecule has 1 aliphatic carbocycles. The minimum atomic E-state index is -0.322. The summed E-state index contributed by atoms with van der Waals surface area (Å²) in [6.07, 6.45) is 2.77. The lowest BCUT2D eigenvalue weighted by molar-refractivity contribution is 0.124. The zero-order valence-electron chi connectivity index (χ0n) is 14.7. The molecule has 4 nitrogen and oxygen atoms in total. The Morgan fingerprint density at radius 3 is 2.65 bits per heavy atom. The zero-order chi connectivity index (χ0) is 17.8. The van der Waals surface area contributed by atoms with E-state index in [2.05, 4.69) is 34.9 Å². The van der Waals surface area contributed by atoms with Gasteiger partial charge in [0.1, 0.15) is 6.61 Å². The van der Waals surface area contributed by atoms with E-state index in [-0.39, 0.29) is 12.1 Å². The van der Waals surface area contributed by atoms with Crippen molar-refractivity contribution < 1.29 is 9.53 Å². The summed E-state index contributed by atoms with van der Waals surface area (Å²) >= 11 is 1.94. The van der Waals surface area contributed by atoms with Crippen LogP contribution in [0.1, 0.15) is 36.4 Å². The summed E-state index contributed by atoms with van der Waals surface area (Å²) in [4.78, 5) is 13.3. The second-order valence-corrected chi connectivity index (χ2v) is 8.10. The van der Waals surface area contributed by atoms with E-state index >= 15 is 0 Å². The SMILES string of the molecule is O=C(NC1CC(NC2CCSc3ccccc32)C1)OCc1ccccc1. The first-order valence-electron chi connectivity index (χ1n) is 9.23. The monoisotopic (exact) mass is 368 g/mol. The molecule has 2 aliphatic rings. The smallest absolute Gasteiger partial charge is 0.407 e. The van der Waals surface area contributed by atoms with E-state index in [0.29, 0.717) is 18.7 Å². The van der Waals surface area contributed by atoms with Crippen LogP contribution >= 0.6 is 11.8 Å². The molecule has 5 heteroatoms. The molecule has 1 amide bonds. The first-order valence-corrected chi connectivity index (χ1v) is 10.2. The second kappa shape index (κ2) is 8.14. The van der Waals surface area contributed by atoms with Crippen molar-refractivity contribution in [1.29, 1.82) is 0 Å². The van der Waals surface area contributed by atoms with Crippen molar-refractivity contribution in [3.63, 3.8) is 0 Å². The number of alkyl carbamates (subject to hydrolysis) is 1. The Hall–Kier alpha value is -1.98. The third-order valence-electron chi connectivity index (χ3n) is 5.07. The Morgan fingerprint density at radius 1 is 1.04 bits per heavy atom. The molecule has 4 rings (SSSR count). The molecule has 136 valence electrons. The lowest BCUT2D eigenvalue weighted by atomic mass is 9.85. The average molecular weight is 369 g/mol. The largest absolute Gasteiger partial charge is 0.445 e. The highest BCUT2D eigenvalue weighted by atomic mass is 32.2.